The van der Waals surface area contributed by atoms with E-state index < -0.39 is 0 Å². The van der Waals surface area contributed by atoms with Gasteiger partial charge in [-0.15, -0.1) is 0 Å². The number of benzene rings is 2. The summed E-state index contributed by atoms with van der Waals surface area (Å²) in [6, 6.07) is 15.8. The van der Waals surface area contributed by atoms with Crippen LogP contribution in [0.2, 0.25) is 0 Å². The molecule has 2 aromatic rings. The molecular formula is C19H19Br2NO2. The van der Waals surface area contributed by atoms with Crippen molar-refractivity contribution < 1.29 is 9.53 Å². The zero-order chi connectivity index (χ0) is 16.9. The highest BCUT2D eigenvalue weighted by Gasteiger charge is 2.22. The van der Waals surface area contributed by atoms with Crippen LogP contribution in [0.1, 0.15) is 28.4 Å². The average molecular weight is 453 g/mol. The molecule has 126 valence electrons. The van der Waals surface area contributed by atoms with Gasteiger partial charge in [-0.1, -0.05) is 56.1 Å². The van der Waals surface area contributed by atoms with Gasteiger partial charge >= 0.3 is 0 Å². The average Bonchev–Trinajstić information content (AvgIpc) is 2.61. The van der Waals surface area contributed by atoms with Gasteiger partial charge in [0.25, 0.3) is 0 Å². The van der Waals surface area contributed by atoms with E-state index in [1.807, 2.05) is 36.4 Å². The summed E-state index contributed by atoms with van der Waals surface area (Å²) >= 11 is 6.85. The van der Waals surface area contributed by atoms with E-state index in [1.54, 1.807) is 0 Å². The molecule has 1 unspecified atom stereocenters. The van der Waals surface area contributed by atoms with E-state index in [1.165, 1.54) is 5.56 Å². The number of halogens is 2. The molecule has 0 saturated carbocycles. The molecule has 0 aliphatic carbocycles. The van der Waals surface area contributed by atoms with Gasteiger partial charge in [0, 0.05) is 40.6 Å². The van der Waals surface area contributed by atoms with E-state index in [4.69, 9.17) is 4.74 Å². The van der Waals surface area contributed by atoms with Crippen molar-refractivity contribution in [2.24, 2.45) is 0 Å². The van der Waals surface area contributed by atoms with Crippen molar-refractivity contribution in [3.8, 4) is 0 Å². The van der Waals surface area contributed by atoms with Gasteiger partial charge in [0.2, 0.25) is 0 Å². The highest BCUT2D eigenvalue weighted by atomic mass is 79.9. The molecule has 3 nitrogen and oxygen atoms in total. The molecular weight excluding hydrogens is 434 g/mol. The molecule has 0 amide bonds. The number of hydrogen-bond acceptors (Lipinski definition) is 3. The van der Waals surface area contributed by atoms with Crippen molar-refractivity contribution in [2.75, 3.05) is 26.2 Å². The predicted octanol–water partition coefficient (Wildman–Crippen LogP) is 4.86. The van der Waals surface area contributed by atoms with Crippen LogP contribution in [-0.2, 0) is 4.74 Å². The number of Topliss-reactive ketones (excluding diaryl/α,β-unsaturated/α-hetero) is 1. The molecule has 0 bridgehead atoms. The number of carbonyl (C=O) groups excluding carboxylic acids is 1. The van der Waals surface area contributed by atoms with Gasteiger partial charge in [0.15, 0.2) is 5.78 Å². The van der Waals surface area contributed by atoms with Crippen molar-refractivity contribution >= 4 is 37.6 Å². The first-order valence-electron chi connectivity index (χ1n) is 8.00. The first-order valence-corrected chi connectivity index (χ1v) is 9.58. The summed E-state index contributed by atoms with van der Waals surface area (Å²) in [6.07, 6.45) is 0.615. The van der Waals surface area contributed by atoms with Gasteiger partial charge in [0.1, 0.15) is 0 Å². The van der Waals surface area contributed by atoms with Crippen molar-refractivity contribution in [3.63, 3.8) is 0 Å². The molecule has 0 aromatic heterocycles. The Morgan fingerprint density at radius 2 is 1.67 bits per heavy atom. The Bertz CT molecular complexity index is 686. The van der Waals surface area contributed by atoms with Crippen LogP contribution in [0.4, 0.5) is 0 Å². The minimum Gasteiger partial charge on any atom is -0.371 e. The summed E-state index contributed by atoms with van der Waals surface area (Å²) in [7, 11) is 0. The van der Waals surface area contributed by atoms with E-state index in [2.05, 4.69) is 48.9 Å². The molecule has 1 atom stereocenters. The molecule has 1 aliphatic rings. The molecule has 3 rings (SSSR count). The zero-order valence-corrected chi connectivity index (χ0v) is 16.4. The molecule has 0 spiro atoms. The highest BCUT2D eigenvalue weighted by Crippen LogP contribution is 2.24. The lowest BCUT2D eigenvalue weighted by atomic mass is 10.1. The van der Waals surface area contributed by atoms with Crippen LogP contribution in [0.15, 0.2) is 57.5 Å². The summed E-state index contributed by atoms with van der Waals surface area (Å²) < 4.78 is 7.95. The number of carbonyl (C=O) groups is 1. The third-order valence-electron chi connectivity index (χ3n) is 4.21. The molecule has 1 aliphatic heterocycles. The van der Waals surface area contributed by atoms with Crippen molar-refractivity contribution in [1.29, 1.82) is 0 Å². The van der Waals surface area contributed by atoms with Crippen LogP contribution in [0.3, 0.4) is 0 Å². The second kappa shape index (κ2) is 8.39. The molecule has 5 heteroatoms. The second-order valence-electron chi connectivity index (χ2n) is 5.89. The minimum absolute atomic E-state index is 0.0784. The van der Waals surface area contributed by atoms with Crippen molar-refractivity contribution in [2.45, 2.75) is 12.5 Å². The van der Waals surface area contributed by atoms with E-state index in [-0.39, 0.29) is 11.9 Å². The Morgan fingerprint density at radius 1 is 1.04 bits per heavy atom. The number of ketones is 1. The Kier molecular flexibility index (Phi) is 6.22. The highest BCUT2D eigenvalue weighted by molar-refractivity contribution is 9.10. The largest absolute Gasteiger partial charge is 0.371 e. The zero-order valence-electron chi connectivity index (χ0n) is 13.3. The topological polar surface area (TPSA) is 29.5 Å². The number of hydrogen-bond donors (Lipinski definition) is 0. The maximum absolute atomic E-state index is 12.3. The Hall–Kier alpha value is -1.01. The SMILES string of the molecule is O=C(CCN1CCOC(c2ccc(Br)cc2)C1)c1ccc(Br)cc1. The quantitative estimate of drug-likeness (QED) is 0.606. The molecule has 2 aromatic carbocycles. The van der Waals surface area contributed by atoms with Gasteiger partial charge in [-0.2, -0.15) is 0 Å². The van der Waals surface area contributed by atoms with Crippen LogP contribution in [0, 0.1) is 0 Å². The van der Waals surface area contributed by atoms with Crippen molar-refractivity contribution in [1.82, 2.24) is 4.90 Å². The smallest absolute Gasteiger partial charge is 0.164 e. The summed E-state index contributed by atoms with van der Waals surface area (Å²) in [5.41, 5.74) is 1.96. The van der Waals surface area contributed by atoms with E-state index >= 15 is 0 Å². The maximum atomic E-state index is 12.3. The van der Waals surface area contributed by atoms with Gasteiger partial charge in [-0.3, -0.25) is 9.69 Å². The lowest BCUT2D eigenvalue weighted by Crippen LogP contribution is -2.39. The van der Waals surface area contributed by atoms with Crippen LogP contribution in [0.5, 0.6) is 0 Å². The van der Waals surface area contributed by atoms with Crippen LogP contribution in [-0.4, -0.2) is 36.9 Å². The summed E-state index contributed by atoms with van der Waals surface area (Å²) in [4.78, 5) is 14.6. The third kappa shape index (κ3) is 4.76. The first kappa shape index (κ1) is 17.8. The third-order valence-corrected chi connectivity index (χ3v) is 5.27. The molecule has 0 N–H and O–H groups in total. The fourth-order valence-corrected chi connectivity index (χ4v) is 3.35. The second-order valence-corrected chi connectivity index (χ2v) is 7.72. The number of rotatable bonds is 5. The van der Waals surface area contributed by atoms with Gasteiger partial charge < -0.3 is 4.74 Å². The Morgan fingerprint density at radius 3 is 2.33 bits per heavy atom. The summed E-state index contributed by atoms with van der Waals surface area (Å²) in [5, 5.41) is 0. The number of morpholine rings is 1. The number of ether oxygens (including phenoxy) is 1. The van der Waals surface area contributed by atoms with E-state index in [0.717, 1.165) is 34.1 Å². The molecule has 1 saturated heterocycles. The molecule has 0 radical (unpaired) electrons. The van der Waals surface area contributed by atoms with E-state index in [0.29, 0.717) is 13.0 Å². The van der Waals surface area contributed by atoms with Gasteiger partial charge in [-0.25, -0.2) is 0 Å². The molecule has 1 heterocycles. The lowest BCUT2D eigenvalue weighted by Gasteiger charge is -2.33. The Labute approximate surface area is 159 Å². The van der Waals surface area contributed by atoms with Crippen LogP contribution in [0.25, 0.3) is 0 Å². The normalized spacial score (nSPS) is 18.5. The van der Waals surface area contributed by atoms with E-state index in [9.17, 15) is 4.79 Å². The summed E-state index contributed by atoms with van der Waals surface area (Å²) in [5.74, 6) is 0.189. The van der Waals surface area contributed by atoms with Gasteiger partial charge in [-0.05, 0) is 29.8 Å². The maximum Gasteiger partial charge on any atom is 0.164 e. The van der Waals surface area contributed by atoms with Crippen LogP contribution < -0.4 is 0 Å². The lowest BCUT2D eigenvalue weighted by molar-refractivity contribution is -0.0297. The summed E-state index contributed by atoms with van der Waals surface area (Å²) in [6.45, 7) is 3.17. The fraction of sp³-hybridized carbons (Fsp3) is 0.316. The van der Waals surface area contributed by atoms with Crippen molar-refractivity contribution in [3.05, 3.63) is 68.6 Å². The molecule has 1 fully saturated rings. The standard InChI is InChI=1S/C19H19Br2NO2/c20-16-5-1-14(2-6-16)18(23)9-10-22-11-12-24-19(13-22)15-3-7-17(21)8-4-15/h1-8,19H,9-13H2. The monoisotopic (exact) mass is 451 g/mol. The van der Waals surface area contributed by atoms with Gasteiger partial charge in [0.05, 0.1) is 12.7 Å². The molecule has 24 heavy (non-hydrogen) atoms. The van der Waals surface area contributed by atoms with Crippen LogP contribution >= 0.6 is 31.9 Å². The first-order chi connectivity index (χ1) is 11.6. The fourth-order valence-electron chi connectivity index (χ4n) is 2.82. The predicted molar refractivity (Wildman–Crippen MR) is 102 cm³/mol. The number of nitrogens with zero attached hydrogens (tertiary/aromatic N) is 1. The minimum atomic E-state index is 0.0784. The Balaban J connectivity index is 1.54.